The molecule has 3 saturated heterocycles. The predicted octanol–water partition coefficient (Wildman–Crippen LogP) is 1.63. The summed E-state index contributed by atoms with van der Waals surface area (Å²) in [6.07, 6.45) is -0.982. The fraction of sp³-hybridized carbons (Fsp3) is 0.667. The van der Waals surface area contributed by atoms with Crippen molar-refractivity contribution in [2.75, 3.05) is 50.8 Å². The second-order valence-electron chi connectivity index (χ2n) is 7.64. The fourth-order valence-corrected chi connectivity index (χ4v) is 3.82. The number of halogens is 3. The Kier molecular flexibility index (Phi) is 5.22. The molecule has 3 fully saturated rings. The molecule has 4 heterocycles. The molecule has 0 radical (unpaired) electrons. The summed E-state index contributed by atoms with van der Waals surface area (Å²) in [7, 11) is 0. The molecule has 1 aromatic rings. The third kappa shape index (κ3) is 4.23. The standard InChI is InChI=1S/C18H22F3N5O3/c19-18(20,21)14-1-3-25(11-14)16-22-7-12(8-23-16)13-9-26(10-13)15(27)2-4-24-5-6-29-17(24)28/h7-8,13-14H,1-6,9-11H2. The zero-order valence-electron chi connectivity index (χ0n) is 15.8. The lowest BCUT2D eigenvalue weighted by molar-refractivity contribution is -0.168. The van der Waals surface area contributed by atoms with Crippen LogP contribution >= 0.6 is 0 Å². The second kappa shape index (κ2) is 7.68. The molecular weight excluding hydrogens is 391 g/mol. The first kappa shape index (κ1) is 19.7. The van der Waals surface area contributed by atoms with Crippen LogP contribution in [0.2, 0.25) is 0 Å². The lowest BCUT2D eigenvalue weighted by Crippen LogP contribution is -2.49. The molecule has 4 rings (SSSR count). The molecule has 1 atom stereocenters. The van der Waals surface area contributed by atoms with Crippen molar-refractivity contribution in [1.29, 1.82) is 0 Å². The van der Waals surface area contributed by atoms with Gasteiger partial charge in [0.15, 0.2) is 0 Å². The number of rotatable bonds is 5. The van der Waals surface area contributed by atoms with E-state index in [1.54, 1.807) is 22.2 Å². The van der Waals surface area contributed by atoms with Gasteiger partial charge in [0.1, 0.15) is 6.61 Å². The Balaban J connectivity index is 1.24. The zero-order chi connectivity index (χ0) is 20.6. The number of aromatic nitrogens is 2. The number of hydrogen-bond donors (Lipinski definition) is 0. The quantitative estimate of drug-likeness (QED) is 0.730. The molecule has 11 heteroatoms. The van der Waals surface area contributed by atoms with Gasteiger partial charge >= 0.3 is 12.3 Å². The van der Waals surface area contributed by atoms with E-state index in [-0.39, 0.29) is 37.3 Å². The largest absolute Gasteiger partial charge is 0.448 e. The van der Waals surface area contributed by atoms with Crippen LogP contribution in [-0.4, -0.2) is 83.8 Å². The summed E-state index contributed by atoms with van der Waals surface area (Å²) in [5.41, 5.74) is 0.868. The molecule has 0 saturated carbocycles. The van der Waals surface area contributed by atoms with E-state index in [0.717, 1.165) is 5.56 Å². The van der Waals surface area contributed by atoms with Crippen molar-refractivity contribution in [2.24, 2.45) is 5.92 Å². The van der Waals surface area contributed by atoms with Gasteiger partial charge in [-0.3, -0.25) is 4.79 Å². The minimum Gasteiger partial charge on any atom is -0.448 e. The average Bonchev–Trinajstić information content (AvgIpc) is 3.28. The minimum absolute atomic E-state index is 0.0197. The highest BCUT2D eigenvalue weighted by molar-refractivity contribution is 5.78. The van der Waals surface area contributed by atoms with Crippen LogP contribution in [0.15, 0.2) is 12.4 Å². The number of ether oxygens (including phenoxy) is 1. The van der Waals surface area contributed by atoms with E-state index < -0.39 is 12.1 Å². The van der Waals surface area contributed by atoms with Gasteiger partial charge in [0.25, 0.3) is 0 Å². The molecule has 8 nitrogen and oxygen atoms in total. The van der Waals surface area contributed by atoms with Gasteiger partial charge in [-0.1, -0.05) is 0 Å². The summed E-state index contributed by atoms with van der Waals surface area (Å²) in [6, 6.07) is 0. The number of anilines is 1. The van der Waals surface area contributed by atoms with E-state index in [9.17, 15) is 22.8 Å². The van der Waals surface area contributed by atoms with Crippen LogP contribution in [0.5, 0.6) is 0 Å². The number of likely N-dealkylation sites (tertiary alicyclic amines) is 1. The van der Waals surface area contributed by atoms with Gasteiger partial charge in [0.05, 0.1) is 12.5 Å². The second-order valence-corrected chi connectivity index (χ2v) is 7.64. The molecule has 0 spiro atoms. The first-order valence-corrected chi connectivity index (χ1v) is 9.64. The lowest BCUT2D eigenvalue weighted by atomic mass is 9.93. The van der Waals surface area contributed by atoms with E-state index in [2.05, 4.69) is 9.97 Å². The van der Waals surface area contributed by atoms with Crippen LogP contribution in [0.3, 0.4) is 0 Å². The van der Waals surface area contributed by atoms with Gasteiger partial charge in [-0.05, 0) is 12.0 Å². The fourth-order valence-electron chi connectivity index (χ4n) is 3.82. The summed E-state index contributed by atoms with van der Waals surface area (Å²) in [6.45, 7) is 2.50. The van der Waals surface area contributed by atoms with E-state index in [0.29, 0.717) is 45.3 Å². The normalized spacial score (nSPS) is 22.8. The maximum absolute atomic E-state index is 12.8. The highest BCUT2D eigenvalue weighted by Crippen LogP contribution is 2.35. The molecule has 0 aliphatic carbocycles. The molecule has 0 aromatic carbocycles. The lowest BCUT2D eigenvalue weighted by Gasteiger charge is -2.39. The van der Waals surface area contributed by atoms with Crippen LogP contribution in [-0.2, 0) is 9.53 Å². The van der Waals surface area contributed by atoms with Gasteiger partial charge in [-0.15, -0.1) is 0 Å². The summed E-state index contributed by atoms with van der Waals surface area (Å²) in [4.78, 5) is 36.9. The van der Waals surface area contributed by atoms with Crippen molar-refractivity contribution in [1.82, 2.24) is 19.8 Å². The third-order valence-corrected chi connectivity index (χ3v) is 5.74. The van der Waals surface area contributed by atoms with E-state index in [4.69, 9.17) is 4.74 Å². The molecule has 3 aliphatic heterocycles. The number of carbonyl (C=O) groups is 2. The Morgan fingerprint density at radius 3 is 2.48 bits per heavy atom. The average molecular weight is 413 g/mol. The number of amides is 2. The number of carbonyl (C=O) groups excluding carboxylic acids is 2. The van der Waals surface area contributed by atoms with Crippen molar-refractivity contribution in [2.45, 2.75) is 24.9 Å². The topological polar surface area (TPSA) is 78.9 Å². The maximum Gasteiger partial charge on any atom is 0.409 e. The van der Waals surface area contributed by atoms with Gasteiger partial charge in [0, 0.05) is 57.5 Å². The SMILES string of the molecule is O=C(CCN1CCOC1=O)N1CC(c2cnc(N3CCC(C(F)(F)F)C3)nc2)C1. The first-order valence-electron chi connectivity index (χ1n) is 9.64. The Hall–Kier alpha value is -2.59. The molecule has 0 bridgehead atoms. The van der Waals surface area contributed by atoms with Crippen LogP contribution in [0.4, 0.5) is 23.9 Å². The molecule has 1 unspecified atom stereocenters. The van der Waals surface area contributed by atoms with Crippen LogP contribution in [0.25, 0.3) is 0 Å². The Labute approximate surface area is 165 Å². The highest BCUT2D eigenvalue weighted by atomic mass is 19.4. The van der Waals surface area contributed by atoms with Crippen molar-refractivity contribution in [3.63, 3.8) is 0 Å². The van der Waals surface area contributed by atoms with Crippen LogP contribution in [0.1, 0.15) is 24.3 Å². The number of hydrogen-bond acceptors (Lipinski definition) is 6. The van der Waals surface area contributed by atoms with E-state index in [1.165, 1.54) is 4.90 Å². The molecule has 29 heavy (non-hydrogen) atoms. The smallest absolute Gasteiger partial charge is 0.409 e. The third-order valence-electron chi connectivity index (χ3n) is 5.74. The molecular formula is C18H22F3N5O3. The van der Waals surface area contributed by atoms with E-state index >= 15 is 0 Å². The highest BCUT2D eigenvalue weighted by Gasteiger charge is 2.44. The van der Waals surface area contributed by atoms with Crippen molar-refractivity contribution in [3.8, 4) is 0 Å². The predicted molar refractivity (Wildman–Crippen MR) is 95.3 cm³/mol. The van der Waals surface area contributed by atoms with Crippen LogP contribution in [0, 0.1) is 5.92 Å². The first-order chi connectivity index (χ1) is 13.8. The van der Waals surface area contributed by atoms with Crippen molar-refractivity contribution in [3.05, 3.63) is 18.0 Å². The number of nitrogens with zero attached hydrogens (tertiary/aromatic N) is 5. The van der Waals surface area contributed by atoms with Gasteiger partial charge in [-0.2, -0.15) is 13.2 Å². The summed E-state index contributed by atoms with van der Waals surface area (Å²) >= 11 is 0. The van der Waals surface area contributed by atoms with Gasteiger partial charge < -0.3 is 19.4 Å². The summed E-state index contributed by atoms with van der Waals surface area (Å²) in [5.74, 6) is -0.926. The molecule has 1 aromatic heterocycles. The Morgan fingerprint density at radius 1 is 1.17 bits per heavy atom. The minimum atomic E-state index is -4.19. The molecule has 158 valence electrons. The van der Waals surface area contributed by atoms with Gasteiger partial charge in [-0.25, -0.2) is 14.8 Å². The summed E-state index contributed by atoms with van der Waals surface area (Å²) < 4.78 is 43.3. The zero-order valence-corrected chi connectivity index (χ0v) is 15.8. The molecule has 3 aliphatic rings. The Morgan fingerprint density at radius 2 is 1.90 bits per heavy atom. The van der Waals surface area contributed by atoms with Crippen LogP contribution < -0.4 is 4.90 Å². The van der Waals surface area contributed by atoms with Gasteiger partial charge in [0.2, 0.25) is 11.9 Å². The maximum atomic E-state index is 12.8. The van der Waals surface area contributed by atoms with Crippen molar-refractivity contribution < 1.29 is 27.5 Å². The number of cyclic esters (lactones) is 1. The van der Waals surface area contributed by atoms with E-state index in [1.807, 2.05) is 0 Å². The molecule has 2 amide bonds. The Bertz CT molecular complexity index is 767. The van der Waals surface area contributed by atoms with Crippen molar-refractivity contribution >= 4 is 17.9 Å². The molecule has 0 N–H and O–H groups in total. The summed E-state index contributed by atoms with van der Waals surface area (Å²) in [5, 5.41) is 0. The monoisotopic (exact) mass is 413 g/mol. The number of alkyl halides is 3.